The van der Waals surface area contributed by atoms with Crippen molar-refractivity contribution in [2.45, 2.75) is 24.3 Å². The van der Waals surface area contributed by atoms with Crippen molar-refractivity contribution < 1.29 is 0 Å². The predicted octanol–water partition coefficient (Wildman–Crippen LogP) is 2.97. The first-order valence-corrected chi connectivity index (χ1v) is 5.72. The summed E-state index contributed by atoms with van der Waals surface area (Å²) in [5, 5.41) is 7.94. The van der Waals surface area contributed by atoms with E-state index in [0.717, 1.165) is 5.16 Å². The lowest BCUT2D eigenvalue weighted by molar-refractivity contribution is 0.959. The van der Waals surface area contributed by atoms with Gasteiger partial charge in [0.2, 0.25) is 0 Å². The summed E-state index contributed by atoms with van der Waals surface area (Å²) >= 11 is 1.68. The van der Waals surface area contributed by atoms with Crippen LogP contribution in [0.3, 0.4) is 0 Å². The van der Waals surface area contributed by atoms with Crippen molar-refractivity contribution >= 4 is 11.8 Å². The van der Waals surface area contributed by atoms with Crippen LogP contribution in [0.5, 0.6) is 0 Å². The van der Waals surface area contributed by atoms with E-state index in [1.807, 2.05) is 0 Å². The fourth-order valence-corrected chi connectivity index (χ4v) is 2.24. The van der Waals surface area contributed by atoms with E-state index in [1.165, 1.54) is 17.5 Å². The smallest absolute Gasteiger partial charge is 0.183 e. The van der Waals surface area contributed by atoms with Gasteiger partial charge >= 0.3 is 0 Å². The van der Waals surface area contributed by atoms with Crippen molar-refractivity contribution in [2.24, 2.45) is 0 Å². The fraction of sp³-hybridized carbons (Fsp3) is 0.273. The van der Waals surface area contributed by atoms with Crippen LogP contribution in [0.25, 0.3) is 0 Å². The maximum Gasteiger partial charge on any atom is 0.183 e. The highest BCUT2D eigenvalue weighted by Gasteiger charge is 2.08. The Morgan fingerprint density at radius 3 is 2.93 bits per heavy atom. The zero-order valence-electron chi connectivity index (χ0n) is 8.77. The van der Waals surface area contributed by atoms with Gasteiger partial charge in [0.15, 0.2) is 5.16 Å². The second-order valence-electron chi connectivity index (χ2n) is 3.46. The molecule has 0 radical (unpaired) electrons. The second kappa shape index (κ2) is 4.49. The summed E-state index contributed by atoms with van der Waals surface area (Å²) < 4.78 is 0. The minimum atomic E-state index is 0.387. The second-order valence-corrected chi connectivity index (χ2v) is 4.79. The van der Waals surface area contributed by atoms with Gasteiger partial charge in [-0.15, -0.1) is 0 Å². The van der Waals surface area contributed by atoms with Gasteiger partial charge in [0, 0.05) is 5.25 Å². The SMILES string of the molecule is Cc1cccc(C(C)Sc2ncn[nH]2)c1. The average molecular weight is 219 g/mol. The van der Waals surface area contributed by atoms with Gasteiger partial charge in [-0.1, -0.05) is 41.6 Å². The molecule has 1 atom stereocenters. The predicted molar refractivity (Wildman–Crippen MR) is 61.8 cm³/mol. The highest BCUT2D eigenvalue weighted by atomic mass is 32.2. The van der Waals surface area contributed by atoms with E-state index in [4.69, 9.17) is 0 Å². The van der Waals surface area contributed by atoms with Crippen molar-refractivity contribution in [2.75, 3.05) is 0 Å². The molecule has 0 bridgehead atoms. The lowest BCUT2D eigenvalue weighted by atomic mass is 10.1. The number of nitrogens with one attached hydrogen (secondary N) is 1. The molecule has 0 fully saturated rings. The highest BCUT2D eigenvalue weighted by Crippen LogP contribution is 2.32. The lowest BCUT2D eigenvalue weighted by Gasteiger charge is -2.09. The van der Waals surface area contributed by atoms with Crippen LogP contribution >= 0.6 is 11.8 Å². The zero-order chi connectivity index (χ0) is 10.7. The van der Waals surface area contributed by atoms with Crippen LogP contribution in [0.4, 0.5) is 0 Å². The normalized spacial score (nSPS) is 12.7. The van der Waals surface area contributed by atoms with Crippen LogP contribution in [-0.2, 0) is 0 Å². The standard InChI is InChI=1S/C11H13N3S/c1-8-4-3-5-10(6-8)9(2)15-11-12-7-13-14-11/h3-7,9H,1-2H3,(H,12,13,14). The van der Waals surface area contributed by atoms with Gasteiger partial charge in [0.25, 0.3) is 0 Å². The van der Waals surface area contributed by atoms with Crippen molar-refractivity contribution in [3.8, 4) is 0 Å². The van der Waals surface area contributed by atoms with Gasteiger partial charge in [0.1, 0.15) is 6.33 Å². The van der Waals surface area contributed by atoms with Crippen LogP contribution in [0, 0.1) is 6.92 Å². The topological polar surface area (TPSA) is 41.6 Å². The van der Waals surface area contributed by atoms with Crippen LogP contribution < -0.4 is 0 Å². The number of aromatic amines is 1. The number of aromatic nitrogens is 3. The summed E-state index contributed by atoms with van der Waals surface area (Å²) in [7, 11) is 0. The molecular weight excluding hydrogens is 206 g/mol. The summed E-state index contributed by atoms with van der Waals surface area (Å²) in [6.45, 7) is 4.28. The minimum absolute atomic E-state index is 0.387. The molecule has 0 aliphatic heterocycles. The molecule has 1 unspecified atom stereocenters. The molecule has 0 saturated heterocycles. The molecule has 1 heterocycles. The van der Waals surface area contributed by atoms with Crippen molar-refractivity contribution in [1.29, 1.82) is 0 Å². The van der Waals surface area contributed by atoms with E-state index in [9.17, 15) is 0 Å². The molecular formula is C11H13N3S. The van der Waals surface area contributed by atoms with Gasteiger partial charge in [0.05, 0.1) is 0 Å². The number of rotatable bonds is 3. The molecule has 0 saturated carbocycles. The fourth-order valence-electron chi connectivity index (χ4n) is 1.41. The Balaban J connectivity index is 2.11. The molecule has 4 heteroatoms. The van der Waals surface area contributed by atoms with Crippen molar-refractivity contribution in [1.82, 2.24) is 15.2 Å². The monoisotopic (exact) mass is 219 g/mol. The number of nitrogens with zero attached hydrogens (tertiary/aromatic N) is 2. The van der Waals surface area contributed by atoms with Crippen LogP contribution in [-0.4, -0.2) is 15.2 Å². The molecule has 1 aromatic carbocycles. The molecule has 15 heavy (non-hydrogen) atoms. The molecule has 0 amide bonds. The van der Waals surface area contributed by atoms with Crippen LogP contribution in [0.15, 0.2) is 35.7 Å². The maximum atomic E-state index is 4.10. The molecule has 0 aliphatic carbocycles. The van der Waals surface area contributed by atoms with Gasteiger partial charge in [-0.25, -0.2) is 4.98 Å². The number of hydrogen-bond donors (Lipinski definition) is 1. The highest BCUT2D eigenvalue weighted by molar-refractivity contribution is 7.99. The third kappa shape index (κ3) is 2.59. The van der Waals surface area contributed by atoms with Crippen LogP contribution in [0.1, 0.15) is 23.3 Å². The van der Waals surface area contributed by atoms with Crippen molar-refractivity contribution in [3.05, 3.63) is 41.7 Å². The first-order valence-electron chi connectivity index (χ1n) is 4.84. The summed E-state index contributed by atoms with van der Waals surface area (Å²) in [6, 6.07) is 8.53. The van der Waals surface area contributed by atoms with Gasteiger partial charge < -0.3 is 0 Å². The molecule has 78 valence electrons. The largest absolute Gasteiger partial charge is 0.254 e. The number of aryl methyl sites for hydroxylation is 1. The van der Waals surface area contributed by atoms with E-state index in [0.29, 0.717) is 5.25 Å². The van der Waals surface area contributed by atoms with Crippen molar-refractivity contribution in [3.63, 3.8) is 0 Å². The Labute approximate surface area is 93.3 Å². The minimum Gasteiger partial charge on any atom is -0.254 e. The number of hydrogen-bond acceptors (Lipinski definition) is 3. The molecule has 1 N–H and O–H groups in total. The van der Waals surface area contributed by atoms with E-state index in [1.54, 1.807) is 11.8 Å². The lowest BCUT2D eigenvalue weighted by Crippen LogP contribution is -1.89. The number of thioether (sulfide) groups is 1. The number of benzene rings is 1. The van der Waals surface area contributed by atoms with E-state index in [-0.39, 0.29) is 0 Å². The molecule has 0 spiro atoms. The summed E-state index contributed by atoms with van der Waals surface area (Å²) in [4.78, 5) is 4.10. The Bertz CT molecular complexity index is 425. The Kier molecular flexibility index (Phi) is 3.06. The quantitative estimate of drug-likeness (QED) is 0.807. The van der Waals surface area contributed by atoms with E-state index < -0.39 is 0 Å². The first-order chi connectivity index (χ1) is 7.25. The van der Waals surface area contributed by atoms with Gasteiger partial charge in [-0.05, 0) is 19.4 Å². The molecule has 0 aliphatic rings. The molecule has 1 aromatic heterocycles. The summed E-state index contributed by atoms with van der Waals surface area (Å²) in [5.41, 5.74) is 2.61. The molecule has 2 rings (SSSR count). The van der Waals surface area contributed by atoms with E-state index in [2.05, 4.69) is 53.3 Å². The van der Waals surface area contributed by atoms with Crippen LogP contribution in [0.2, 0.25) is 0 Å². The Morgan fingerprint density at radius 2 is 2.27 bits per heavy atom. The zero-order valence-corrected chi connectivity index (χ0v) is 9.58. The molecule has 3 nitrogen and oxygen atoms in total. The van der Waals surface area contributed by atoms with Gasteiger partial charge in [-0.2, -0.15) is 5.10 Å². The van der Waals surface area contributed by atoms with Gasteiger partial charge in [-0.3, -0.25) is 5.10 Å². The number of H-pyrrole nitrogens is 1. The third-order valence-corrected chi connectivity index (χ3v) is 3.24. The maximum absolute atomic E-state index is 4.10. The third-order valence-electron chi connectivity index (χ3n) is 2.19. The Hall–Kier alpha value is -1.29. The summed E-state index contributed by atoms with van der Waals surface area (Å²) in [6.07, 6.45) is 1.53. The molecule has 2 aromatic rings. The average Bonchev–Trinajstić information content (AvgIpc) is 2.70. The van der Waals surface area contributed by atoms with E-state index >= 15 is 0 Å². The summed E-state index contributed by atoms with van der Waals surface area (Å²) in [5.74, 6) is 0. The Morgan fingerprint density at radius 1 is 1.40 bits per heavy atom. The first kappa shape index (κ1) is 10.2.